The molecule has 1 aliphatic heterocycles. The van der Waals surface area contributed by atoms with Crippen molar-refractivity contribution in [2.45, 2.75) is 25.4 Å². The summed E-state index contributed by atoms with van der Waals surface area (Å²) >= 11 is 1.73. The highest BCUT2D eigenvalue weighted by Crippen LogP contribution is 2.27. The van der Waals surface area contributed by atoms with Crippen molar-refractivity contribution in [2.75, 3.05) is 18.1 Å². The summed E-state index contributed by atoms with van der Waals surface area (Å²) in [6.07, 6.45) is 1.73. The Labute approximate surface area is 112 Å². The van der Waals surface area contributed by atoms with Gasteiger partial charge in [-0.15, -0.1) is 0 Å². The van der Waals surface area contributed by atoms with Gasteiger partial charge in [-0.3, -0.25) is 4.79 Å². The number of rotatable bonds is 4. The lowest BCUT2D eigenvalue weighted by molar-refractivity contribution is 0.0612. The predicted molar refractivity (Wildman–Crippen MR) is 75.0 cm³/mol. The number of thioether (sulfide) groups is 1. The molecule has 0 aromatic heterocycles. The van der Waals surface area contributed by atoms with Crippen LogP contribution < -0.4 is 5.32 Å². The van der Waals surface area contributed by atoms with Gasteiger partial charge in [0.25, 0.3) is 5.91 Å². The first-order valence-electron chi connectivity index (χ1n) is 6.30. The Balaban J connectivity index is 1.90. The third-order valence-corrected chi connectivity index (χ3v) is 4.52. The van der Waals surface area contributed by atoms with E-state index in [1.54, 1.807) is 11.8 Å². The molecule has 0 bridgehead atoms. The fourth-order valence-corrected chi connectivity index (χ4v) is 3.27. The molecule has 2 N–H and O–H groups in total. The second-order valence-corrected chi connectivity index (χ2v) is 5.87. The normalized spacial score (nSPS) is 23.0. The summed E-state index contributed by atoms with van der Waals surface area (Å²) in [6.45, 7) is 2.43. The average molecular weight is 265 g/mol. The summed E-state index contributed by atoms with van der Waals surface area (Å²) in [5, 5.41) is 13.0. The fraction of sp³-hybridized carbons (Fsp3) is 0.500. The molecule has 1 amide bonds. The van der Waals surface area contributed by atoms with Crippen LogP contribution in [0.5, 0.6) is 0 Å². The lowest BCUT2D eigenvalue weighted by Gasteiger charge is -2.21. The number of carbonyl (C=O) groups is 1. The first-order chi connectivity index (χ1) is 8.63. The molecule has 3 nitrogen and oxygen atoms in total. The van der Waals surface area contributed by atoms with E-state index < -0.39 is 5.60 Å². The first kappa shape index (κ1) is 13.4. The van der Waals surface area contributed by atoms with Crippen molar-refractivity contribution in [3.05, 3.63) is 35.4 Å². The number of aliphatic hydroxyl groups is 1. The van der Waals surface area contributed by atoms with Gasteiger partial charge in [0.05, 0.1) is 5.60 Å². The van der Waals surface area contributed by atoms with Crippen molar-refractivity contribution in [2.24, 2.45) is 0 Å². The zero-order chi connectivity index (χ0) is 13.0. The molecule has 1 aromatic carbocycles. The van der Waals surface area contributed by atoms with E-state index in [1.165, 1.54) is 5.56 Å². The van der Waals surface area contributed by atoms with Crippen LogP contribution in [0.2, 0.25) is 0 Å². The van der Waals surface area contributed by atoms with Gasteiger partial charge in [-0.05, 0) is 36.3 Å². The Bertz CT molecular complexity index is 410. The number of hydrogen-bond donors (Lipinski definition) is 2. The van der Waals surface area contributed by atoms with Crippen molar-refractivity contribution < 1.29 is 9.90 Å². The zero-order valence-corrected chi connectivity index (χ0v) is 11.4. The smallest absolute Gasteiger partial charge is 0.251 e. The molecule has 0 aliphatic carbocycles. The molecule has 0 radical (unpaired) electrons. The minimum atomic E-state index is -0.719. The number of carbonyl (C=O) groups excluding carboxylic acids is 1. The van der Waals surface area contributed by atoms with Crippen LogP contribution >= 0.6 is 11.8 Å². The molecule has 1 fully saturated rings. The summed E-state index contributed by atoms with van der Waals surface area (Å²) in [7, 11) is 0. The van der Waals surface area contributed by atoms with Gasteiger partial charge in [0.15, 0.2) is 0 Å². The Hall–Kier alpha value is -1.00. The van der Waals surface area contributed by atoms with Gasteiger partial charge in [-0.2, -0.15) is 11.8 Å². The molecule has 4 heteroatoms. The van der Waals surface area contributed by atoms with Crippen molar-refractivity contribution in [1.82, 2.24) is 5.32 Å². The minimum Gasteiger partial charge on any atom is -0.387 e. The largest absolute Gasteiger partial charge is 0.387 e. The van der Waals surface area contributed by atoms with E-state index in [-0.39, 0.29) is 5.91 Å². The summed E-state index contributed by atoms with van der Waals surface area (Å²) in [5.74, 6) is 1.57. The van der Waals surface area contributed by atoms with Gasteiger partial charge in [-0.1, -0.05) is 19.1 Å². The highest BCUT2D eigenvalue weighted by Gasteiger charge is 2.31. The number of benzene rings is 1. The number of hydrogen-bond acceptors (Lipinski definition) is 3. The molecule has 2 rings (SSSR count). The number of amides is 1. The molecule has 1 aromatic rings. The monoisotopic (exact) mass is 265 g/mol. The molecule has 1 aliphatic rings. The van der Waals surface area contributed by atoms with Gasteiger partial charge < -0.3 is 10.4 Å². The summed E-state index contributed by atoms with van der Waals surface area (Å²) < 4.78 is 0. The van der Waals surface area contributed by atoms with Crippen molar-refractivity contribution >= 4 is 17.7 Å². The third-order valence-electron chi connectivity index (χ3n) is 3.28. The summed E-state index contributed by atoms with van der Waals surface area (Å²) in [6, 6.07) is 7.60. The molecular formula is C14H19NO2S. The van der Waals surface area contributed by atoms with E-state index in [2.05, 4.69) is 12.2 Å². The van der Waals surface area contributed by atoms with Crippen LogP contribution in [0.1, 0.15) is 29.3 Å². The molecule has 1 unspecified atom stereocenters. The molecule has 98 valence electrons. The Morgan fingerprint density at radius 2 is 2.17 bits per heavy atom. The van der Waals surface area contributed by atoms with Crippen LogP contribution in [-0.2, 0) is 6.42 Å². The van der Waals surface area contributed by atoms with Crippen LogP contribution in [0.4, 0.5) is 0 Å². The average Bonchev–Trinajstić information content (AvgIpc) is 2.83. The van der Waals surface area contributed by atoms with E-state index in [4.69, 9.17) is 0 Å². The molecule has 1 atom stereocenters. The molecule has 0 saturated carbocycles. The van der Waals surface area contributed by atoms with E-state index in [0.717, 1.165) is 18.6 Å². The van der Waals surface area contributed by atoms with E-state index in [0.29, 0.717) is 17.9 Å². The second-order valence-electron chi connectivity index (χ2n) is 4.76. The Morgan fingerprint density at radius 1 is 1.44 bits per heavy atom. The highest BCUT2D eigenvalue weighted by atomic mass is 32.2. The third kappa shape index (κ3) is 3.27. The van der Waals surface area contributed by atoms with Gasteiger partial charge in [-0.25, -0.2) is 0 Å². The Kier molecular flexibility index (Phi) is 4.30. The zero-order valence-electron chi connectivity index (χ0n) is 10.6. The lowest BCUT2D eigenvalue weighted by Crippen LogP contribution is -2.42. The molecule has 18 heavy (non-hydrogen) atoms. The summed E-state index contributed by atoms with van der Waals surface area (Å²) in [4.78, 5) is 11.9. The van der Waals surface area contributed by atoms with Crippen LogP contribution in [0, 0.1) is 0 Å². The maximum Gasteiger partial charge on any atom is 0.251 e. The summed E-state index contributed by atoms with van der Waals surface area (Å²) in [5.41, 5.74) is 1.16. The van der Waals surface area contributed by atoms with Crippen LogP contribution in [-0.4, -0.2) is 34.7 Å². The van der Waals surface area contributed by atoms with E-state index in [9.17, 15) is 9.90 Å². The Morgan fingerprint density at radius 3 is 2.72 bits per heavy atom. The van der Waals surface area contributed by atoms with Gasteiger partial charge in [0.1, 0.15) is 0 Å². The topological polar surface area (TPSA) is 49.3 Å². The quantitative estimate of drug-likeness (QED) is 0.873. The lowest BCUT2D eigenvalue weighted by atomic mass is 10.0. The van der Waals surface area contributed by atoms with Crippen LogP contribution in [0.3, 0.4) is 0 Å². The number of aryl methyl sites for hydroxylation is 1. The van der Waals surface area contributed by atoms with E-state index in [1.807, 2.05) is 24.3 Å². The van der Waals surface area contributed by atoms with Crippen molar-refractivity contribution in [3.8, 4) is 0 Å². The minimum absolute atomic E-state index is 0.108. The van der Waals surface area contributed by atoms with Gasteiger partial charge >= 0.3 is 0 Å². The maximum atomic E-state index is 11.9. The predicted octanol–water partition coefficient (Wildman–Crippen LogP) is 1.85. The van der Waals surface area contributed by atoms with Crippen LogP contribution in [0.15, 0.2) is 24.3 Å². The second kappa shape index (κ2) is 5.76. The first-order valence-corrected chi connectivity index (χ1v) is 7.46. The SMILES string of the molecule is CCc1ccc(C(=O)NCC2(O)CCSC2)cc1. The van der Waals surface area contributed by atoms with Crippen LogP contribution in [0.25, 0.3) is 0 Å². The standard InChI is InChI=1S/C14H19NO2S/c1-2-11-3-5-12(6-4-11)13(16)15-9-14(17)7-8-18-10-14/h3-6,17H,2,7-10H2,1H3,(H,15,16). The number of nitrogens with one attached hydrogen (secondary N) is 1. The maximum absolute atomic E-state index is 11.9. The van der Waals surface area contributed by atoms with Crippen molar-refractivity contribution in [1.29, 1.82) is 0 Å². The molecule has 1 saturated heterocycles. The molecule has 0 spiro atoms. The van der Waals surface area contributed by atoms with Gasteiger partial charge in [0.2, 0.25) is 0 Å². The highest BCUT2D eigenvalue weighted by molar-refractivity contribution is 7.99. The van der Waals surface area contributed by atoms with Crippen molar-refractivity contribution in [3.63, 3.8) is 0 Å². The molecular weight excluding hydrogens is 246 g/mol. The van der Waals surface area contributed by atoms with Gasteiger partial charge in [0, 0.05) is 17.9 Å². The van der Waals surface area contributed by atoms with E-state index >= 15 is 0 Å². The fourth-order valence-electron chi connectivity index (χ4n) is 1.97. The molecule has 1 heterocycles.